The minimum absolute atomic E-state index is 0.00885. The van der Waals surface area contributed by atoms with Gasteiger partial charge in [0.2, 0.25) is 0 Å². The lowest BCUT2D eigenvalue weighted by Gasteiger charge is -2.18. The van der Waals surface area contributed by atoms with E-state index in [2.05, 4.69) is 16.8 Å². The largest absolute Gasteiger partial charge is 0.378 e. The van der Waals surface area contributed by atoms with Crippen LogP contribution in [0.25, 0.3) is 0 Å². The first kappa shape index (κ1) is 14.3. The second-order valence-corrected chi connectivity index (χ2v) is 5.94. The summed E-state index contributed by atoms with van der Waals surface area (Å²) in [6.07, 6.45) is 4.47. The Morgan fingerprint density at radius 3 is 3.21 bits per heavy atom. The summed E-state index contributed by atoms with van der Waals surface area (Å²) in [6, 6.07) is 4.16. The van der Waals surface area contributed by atoms with Crippen molar-refractivity contribution in [3.05, 3.63) is 22.4 Å². The van der Waals surface area contributed by atoms with Crippen LogP contribution in [0.15, 0.2) is 17.5 Å². The SMILES string of the molecule is CN(CCc1cccs1)C(=O)NCCC1CCCO1. The van der Waals surface area contributed by atoms with E-state index in [1.54, 1.807) is 16.2 Å². The summed E-state index contributed by atoms with van der Waals surface area (Å²) in [5, 5.41) is 5.02. The summed E-state index contributed by atoms with van der Waals surface area (Å²) in [6.45, 7) is 2.33. The molecule has 1 aliphatic heterocycles. The molecular formula is C14H22N2O2S. The van der Waals surface area contributed by atoms with Crippen molar-refractivity contribution in [1.82, 2.24) is 10.2 Å². The molecule has 1 N–H and O–H groups in total. The van der Waals surface area contributed by atoms with Crippen LogP contribution in [-0.2, 0) is 11.2 Å². The van der Waals surface area contributed by atoms with Gasteiger partial charge in [0.05, 0.1) is 6.10 Å². The number of urea groups is 1. The number of thiophene rings is 1. The number of carbonyl (C=O) groups excluding carboxylic acids is 1. The Labute approximate surface area is 118 Å². The number of hydrogen-bond donors (Lipinski definition) is 1. The molecule has 0 radical (unpaired) electrons. The summed E-state index contributed by atoms with van der Waals surface area (Å²) >= 11 is 1.74. The van der Waals surface area contributed by atoms with E-state index in [1.807, 2.05) is 13.1 Å². The van der Waals surface area contributed by atoms with Crippen molar-refractivity contribution in [2.45, 2.75) is 31.8 Å². The first-order valence-corrected chi connectivity index (χ1v) is 7.76. The molecule has 2 amide bonds. The molecule has 0 bridgehead atoms. The molecule has 1 aromatic rings. The van der Waals surface area contributed by atoms with Gasteiger partial charge >= 0.3 is 6.03 Å². The van der Waals surface area contributed by atoms with Crippen LogP contribution in [0, 0.1) is 0 Å². The van der Waals surface area contributed by atoms with Crippen molar-refractivity contribution in [3.8, 4) is 0 Å². The molecule has 2 heterocycles. The molecule has 0 spiro atoms. The third kappa shape index (κ3) is 4.84. The summed E-state index contributed by atoms with van der Waals surface area (Å²) in [4.78, 5) is 14.9. The summed E-state index contributed by atoms with van der Waals surface area (Å²) in [7, 11) is 1.84. The van der Waals surface area contributed by atoms with Crippen molar-refractivity contribution < 1.29 is 9.53 Å². The Morgan fingerprint density at radius 2 is 2.53 bits per heavy atom. The topological polar surface area (TPSA) is 41.6 Å². The fourth-order valence-corrected chi connectivity index (χ4v) is 2.88. The van der Waals surface area contributed by atoms with Gasteiger partial charge in [0.1, 0.15) is 0 Å². The molecule has 1 saturated heterocycles. The zero-order valence-electron chi connectivity index (χ0n) is 11.4. The Morgan fingerprint density at radius 1 is 1.63 bits per heavy atom. The number of likely N-dealkylation sites (N-methyl/N-ethyl adjacent to an activating group) is 1. The van der Waals surface area contributed by atoms with E-state index < -0.39 is 0 Å². The van der Waals surface area contributed by atoms with Gasteiger partial charge in [-0.05, 0) is 37.1 Å². The van der Waals surface area contributed by atoms with E-state index in [9.17, 15) is 4.79 Å². The lowest BCUT2D eigenvalue weighted by molar-refractivity contribution is 0.104. The van der Waals surface area contributed by atoms with Crippen molar-refractivity contribution in [3.63, 3.8) is 0 Å². The van der Waals surface area contributed by atoms with E-state index in [1.165, 1.54) is 4.88 Å². The van der Waals surface area contributed by atoms with Gasteiger partial charge in [-0.15, -0.1) is 11.3 Å². The zero-order valence-corrected chi connectivity index (χ0v) is 12.2. The molecule has 1 unspecified atom stereocenters. The van der Waals surface area contributed by atoms with Gasteiger partial charge in [0.25, 0.3) is 0 Å². The smallest absolute Gasteiger partial charge is 0.317 e. The van der Waals surface area contributed by atoms with Gasteiger partial charge in [0, 0.05) is 31.6 Å². The maximum absolute atomic E-state index is 11.9. The summed E-state index contributed by atoms with van der Waals surface area (Å²) in [5.74, 6) is 0. The highest BCUT2D eigenvalue weighted by Gasteiger charge is 2.15. The van der Waals surface area contributed by atoms with Crippen LogP contribution in [0.3, 0.4) is 0 Å². The molecule has 0 aliphatic carbocycles. The van der Waals surface area contributed by atoms with Gasteiger partial charge in [-0.1, -0.05) is 6.07 Å². The van der Waals surface area contributed by atoms with Gasteiger partial charge in [-0.2, -0.15) is 0 Å². The second-order valence-electron chi connectivity index (χ2n) is 4.91. The van der Waals surface area contributed by atoms with Crippen LogP contribution in [-0.4, -0.2) is 43.8 Å². The second kappa shape index (κ2) is 7.50. The van der Waals surface area contributed by atoms with E-state index in [0.717, 1.165) is 38.8 Å². The van der Waals surface area contributed by atoms with Gasteiger partial charge in [-0.25, -0.2) is 4.79 Å². The molecule has 1 aromatic heterocycles. The van der Waals surface area contributed by atoms with Crippen LogP contribution in [0.5, 0.6) is 0 Å². The Kier molecular flexibility index (Phi) is 5.66. The molecule has 19 heavy (non-hydrogen) atoms. The first-order chi connectivity index (χ1) is 9.25. The van der Waals surface area contributed by atoms with Crippen molar-refractivity contribution in [2.24, 2.45) is 0 Å². The molecule has 5 heteroatoms. The number of ether oxygens (including phenoxy) is 1. The maximum atomic E-state index is 11.9. The van der Waals surface area contributed by atoms with Crippen LogP contribution in [0.2, 0.25) is 0 Å². The predicted molar refractivity (Wildman–Crippen MR) is 77.6 cm³/mol. The highest BCUT2D eigenvalue weighted by Crippen LogP contribution is 2.14. The normalized spacial score (nSPS) is 18.5. The number of nitrogens with one attached hydrogen (secondary N) is 1. The maximum Gasteiger partial charge on any atom is 0.317 e. The molecule has 0 saturated carbocycles. The molecule has 106 valence electrons. The number of carbonyl (C=O) groups is 1. The van der Waals surface area contributed by atoms with E-state index >= 15 is 0 Å². The van der Waals surface area contributed by atoms with E-state index in [0.29, 0.717) is 12.6 Å². The van der Waals surface area contributed by atoms with Crippen LogP contribution in [0.4, 0.5) is 4.79 Å². The lowest BCUT2D eigenvalue weighted by atomic mass is 10.2. The monoisotopic (exact) mass is 282 g/mol. The highest BCUT2D eigenvalue weighted by atomic mass is 32.1. The summed E-state index contributed by atoms with van der Waals surface area (Å²) < 4.78 is 5.53. The van der Waals surface area contributed by atoms with Gasteiger partial charge in [-0.3, -0.25) is 0 Å². The van der Waals surface area contributed by atoms with Crippen LogP contribution < -0.4 is 5.32 Å². The predicted octanol–water partition coefficient (Wildman–Crippen LogP) is 2.50. The molecule has 0 aromatic carbocycles. The quantitative estimate of drug-likeness (QED) is 0.871. The summed E-state index contributed by atoms with van der Waals surface area (Å²) in [5.41, 5.74) is 0. The van der Waals surface area contributed by atoms with Crippen molar-refractivity contribution >= 4 is 17.4 Å². The third-order valence-electron chi connectivity index (χ3n) is 3.39. The molecular weight excluding hydrogens is 260 g/mol. The van der Waals surface area contributed by atoms with E-state index in [-0.39, 0.29) is 6.03 Å². The standard InChI is InChI=1S/C14H22N2O2S/c1-16(9-7-13-5-3-11-19-13)14(17)15-8-6-12-4-2-10-18-12/h3,5,11-12H,2,4,6-10H2,1H3,(H,15,17). The third-order valence-corrected chi connectivity index (χ3v) is 4.32. The van der Waals surface area contributed by atoms with Crippen molar-refractivity contribution in [2.75, 3.05) is 26.7 Å². The van der Waals surface area contributed by atoms with Crippen molar-refractivity contribution in [1.29, 1.82) is 0 Å². The molecule has 1 aliphatic rings. The van der Waals surface area contributed by atoms with Crippen LogP contribution >= 0.6 is 11.3 Å². The Bertz CT molecular complexity index is 375. The number of rotatable bonds is 6. The minimum atomic E-state index is 0.00885. The highest BCUT2D eigenvalue weighted by molar-refractivity contribution is 7.09. The first-order valence-electron chi connectivity index (χ1n) is 6.88. The average Bonchev–Trinajstić information content (AvgIpc) is 3.08. The number of amides is 2. The van der Waals surface area contributed by atoms with Crippen LogP contribution in [0.1, 0.15) is 24.1 Å². The Balaban J connectivity index is 1.59. The van der Waals surface area contributed by atoms with Gasteiger partial charge < -0.3 is 15.0 Å². The van der Waals surface area contributed by atoms with Gasteiger partial charge in [0.15, 0.2) is 0 Å². The number of hydrogen-bond acceptors (Lipinski definition) is 3. The van der Waals surface area contributed by atoms with E-state index in [4.69, 9.17) is 4.74 Å². The molecule has 4 nitrogen and oxygen atoms in total. The fraction of sp³-hybridized carbons (Fsp3) is 0.643. The fourth-order valence-electron chi connectivity index (χ4n) is 2.18. The Hall–Kier alpha value is -1.07. The lowest BCUT2D eigenvalue weighted by Crippen LogP contribution is -2.39. The molecule has 2 rings (SSSR count). The average molecular weight is 282 g/mol. The molecule has 1 atom stereocenters. The zero-order chi connectivity index (χ0) is 13.5. The molecule has 1 fully saturated rings. The minimum Gasteiger partial charge on any atom is -0.378 e. The number of nitrogens with zero attached hydrogens (tertiary/aromatic N) is 1.